The van der Waals surface area contributed by atoms with E-state index in [9.17, 15) is 0 Å². The van der Waals surface area contributed by atoms with Crippen molar-refractivity contribution >= 4 is 34.0 Å². The smallest absolute Gasteiger partial charge is 0.129 e. The summed E-state index contributed by atoms with van der Waals surface area (Å²) in [5, 5.41) is 16.6. The van der Waals surface area contributed by atoms with Crippen LogP contribution in [0.1, 0.15) is 48.9 Å². The molecule has 190 valence electrons. The van der Waals surface area contributed by atoms with E-state index in [0.717, 1.165) is 43.3 Å². The zero-order valence-electron chi connectivity index (χ0n) is 20.9. The second kappa shape index (κ2) is 9.75. The van der Waals surface area contributed by atoms with Crippen LogP contribution in [0.15, 0.2) is 70.6 Å². The first-order valence-electron chi connectivity index (χ1n) is 13.6. The lowest BCUT2D eigenvalue weighted by molar-refractivity contribution is 0.681. The molecule has 4 aliphatic heterocycles. The number of rotatable bonds is 5. The van der Waals surface area contributed by atoms with E-state index < -0.39 is 0 Å². The van der Waals surface area contributed by atoms with Crippen molar-refractivity contribution < 1.29 is 0 Å². The minimum Gasteiger partial charge on any atom is -0.364 e. The lowest BCUT2D eigenvalue weighted by Gasteiger charge is -2.16. The molecule has 2 saturated heterocycles. The summed E-state index contributed by atoms with van der Waals surface area (Å²) in [4.78, 5) is 9.72. The van der Waals surface area contributed by atoms with Crippen molar-refractivity contribution in [1.82, 2.24) is 21.3 Å². The van der Waals surface area contributed by atoms with Crippen molar-refractivity contribution in [2.45, 2.75) is 55.4 Å². The first-order chi connectivity index (χ1) is 18.2. The van der Waals surface area contributed by atoms with E-state index in [1.807, 2.05) is 0 Å². The molecule has 3 aromatic carbocycles. The highest BCUT2D eigenvalue weighted by Crippen LogP contribution is 2.32. The predicted molar refractivity (Wildman–Crippen MR) is 153 cm³/mol. The van der Waals surface area contributed by atoms with Gasteiger partial charge in [-0.05, 0) is 83.9 Å². The Morgan fingerprint density at radius 1 is 0.676 bits per heavy atom. The van der Waals surface area contributed by atoms with E-state index in [1.54, 1.807) is 0 Å². The molecule has 0 radical (unpaired) electrons. The van der Waals surface area contributed by atoms with Gasteiger partial charge in [0.05, 0.1) is 24.7 Å². The van der Waals surface area contributed by atoms with Crippen LogP contribution in [0, 0.1) is 0 Å². The summed E-state index contributed by atoms with van der Waals surface area (Å²) < 4.78 is 0. The van der Waals surface area contributed by atoms with Crippen molar-refractivity contribution in [1.29, 1.82) is 0 Å². The Bertz CT molecular complexity index is 1350. The van der Waals surface area contributed by atoms with Gasteiger partial charge in [-0.2, -0.15) is 0 Å². The molecule has 0 aliphatic carbocycles. The number of benzene rings is 3. The molecule has 37 heavy (non-hydrogen) atoms. The molecular weight excluding hydrogens is 480 g/mol. The quantitative estimate of drug-likeness (QED) is 0.296. The third-order valence-electron chi connectivity index (χ3n) is 8.24. The predicted octanol–water partition coefficient (Wildman–Crippen LogP) is 4.66. The first kappa shape index (κ1) is 23.2. The highest BCUT2D eigenvalue weighted by Gasteiger charge is 2.33. The summed E-state index contributed by atoms with van der Waals surface area (Å²) in [6.45, 7) is 2.95. The Labute approximate surface area is 223 Å². The van der Waals surface area contributed by atoms with Crippen molar-refractivity contribution in [3.8, 4) is 11.1 Å². The molecule has 6 nitrogen and oxygen atoms in total. The van der Waals surface area contributed by atoms with Crippen LogP contribution in [-0.2, 0) is 0 Å². The normalized spacial score (nSPS) is 29.3. The summed E-state index contributed by atoms with van der Waals surface area (Å²) in [6, 6.07) is 23.2. The summed E-state index contributed by atoms with van der Waals surface area (Å²) >= 11 is 6.64. The molecular formula is C30H33ClN6. The molecule has 0 amide bonds. The minimum absolute atomic E-state index is 0.0544. The number of fused-ring (bicyclic) bond motifs is 1. The molecule has 2 fully saturated rings. The molecule has 4 N–H and O–H groups in total. The van der Waals surface area contributed by atoms with Crippen LogP contribution in [0.3, 0.4) is 0 Å². The number of halogens is 1. The van der Waals surface area contributed by atoms with Gasteiger partial charge < -0.3 is 21.3 Å². The van der Waals surface area contributed by atoms with Crippen molar-refractivity contribution in [3.63, 3.8) is 0 Å². The third kappa shape index (κ3) is 4.52. The van der Waals surface area contributed by atoms with Crippen molar-refractivity contribution in [2.75, 3.05) is 19.6 Å². The molecule has 7 rings (SSSR count). The molecule has 0 spiro atoms. The fourth-order valence-electron chi connectivity index (χ4n) is 6.13. The first-order valence-corrected chi connectivity index (χ1v) is 14.0. The van der Waals surface area contributed by atoms with Gasteiger partial charge in [0.15, 0.2) is 0 Å². The number of hydrogen-bond donors (Lipinski definition) is 4. The van der Waals surface area contributed by atoms with Gasteiger partial charge in [-0.15, -0.1) is 0 Å². The van der Waals surface area contributed by atoms with Crippen LogP contribution in [0.25, 0.3) is 21.9 Å². The maximum absolute atomic E-state index is 6.64. The number of aliphatic imine (C=N–C) groups is 2. The maximum atomic E-state index is 6.64. The highest BCUT2D eigenvalue weighted by atomic mass is 35.5. The standard InChI is InChI=1S/C30H33ClN6/c31-28-27(36-30(37-28)25-4-2-14-33-25)19-7-5-18(6-8-19)20-9-10-22-16-23(12-11-21(22)15-20)26-17-34-29(35-26)24-3-1-13-32-24/h5-12,15-16,24-28,32-33H,1-4,13-14,17H2,(H,34,35)(H,36,37)/t24-,25-,26?,27?,28?/m0/s1. The zero-order chi connectivity index (χ0) is 24.8. The molecule has 4 aliphatic rings. The van der Waals surface area contributed by atoms with E-state index in [-0.39, 0.29) is 17.6 Å². The summed E-state index contributed by atoms with van der Waals surface area (Å²) in [7, 11) is 0. The van der Waals surface area contributed by atoms with Gasteiger partial charge >= 0.3 is 0 Å². The largest absolute Gasteiger partial charge is 0.364 e. The van der Waals surface area contributed by atoms with Crippen LogP contribution < -0.4 is 21.3 Å². The topological polar surface area (TPSA) is 72.8 Å². The average molecular weight is 513 g/mol. The van der Waals surface area contributed by atoms with E-state index in [1.165, 1.54) is 46.7 Å². The Kier molecular flexibility index (Phi) is 6.11. The SMILES string of the molecule is ClC1NC([C@@H]2CCCN2)=NC1c1ccc(-c2ccc3cc(C4CN=C([C@@H]5CCCN5)N4)ccc3c2)cc1. The van der Waals surface area contributed by atoms with E-state index in [0.29, 0.717) is 12.1 Å². The highest BCUT2D eigenvalue weighted by molar-refractivity contribution is 6.23. The van der Waals surface area contributed by atoms with Gasteiger partial charge in [0.25, 0.3) is 0 Å². The molecule has 0 saturated carbocycles. The van der Waals surface area contributed by atoms with Gasteiger partial charge in [0.2, 0.25) is 0 Å². The maximum Gasteiger partial charge on any atom is 0.129 e. The molecule has 7 heteroatoms. The molecule has 3 unspecified atom stereocenters. The Morgan fingerprint density at radius 3 is 2.11 bits per heavy atom. The van der Waals surface area contributed by atoms with Gasteiger partial charge in [-0.3, -0.25) is 9.98 Å². The minimum atomic E-state index is -0.205. The van der Waals surface area contributed by atoms with Crippen molar-refractivity contribution in [3.05, 3.63) is 71.8 Å². The zero-order valence-corrected chi connectivity index (χ0v) is 21.6. The van der Waals surface area contributed by atoms with Crippen LogP contribution in [-0.4, -0.2) is 48.9 Å². The number of amidine groups is 2. The van der Waals surface area contributed by atoms with Crippen LogP contribution >= 0.6 is 11.6 Å². The molecule has 0 aromatic heterocycles. The third-order valence-corrected chi connectivity index (χ3v) is 8.59. The van der Waals surface area contributed by atoms with Gasteiger partial charge in [-0.1, -0.05) is 60.1 Å². The number of nitrogens with one attached hydrogen (secondary N) is 4. The fraction of sp³-hybridized carbons (Fsp3) is 0.400. The lowest BCUT2D eigenvalue weighted by Crippen LogP contribution is -2.40. The lowest BCUT2D eigenvalue weighted by atomic mass is 9.97. The molecule has 4 heterocycles. The molecule has 3 aromatic rings. The molecule has 0 bridgehead atoms. The molecule has 5 atom stereocenters. The van der Waals surface area contributed by atoms with Crippen LogP contribution in [0.4, 0.5) is 0 Å². The number of hydrogen-bond acceptors (Lipinski definition) is 6. The number of nitrogens with zero attached hydrogens (tertiary/aromatic N) is 2. The number of alkyl halides is 1. The van der Waals surface area contributed by atoms with Crippen LogP contribution in [0.5, 0.6) is 0 Å². The second-order valence-electron chi connectivity index (χ2n) is 10.7. The van der Waals surface area contributed by atoms with Crippen molar-refractivity contribution in [2.24, 2.45) is 9.98 Å². The van der Waals surface area contributed by atoms with E-state index in [2.05, 4.69) is 81.9 Å². The van der Waals surface area contributed by atoms with Crippen LogP contribution in [0.2, 0.25) is 0 Å². The summed E-state index contributed by atoms with van der Waals surface area (Å²) in [6.07, 6.45) is 4.72. The van der Waals surface area contributed by atoms with Gasteiger partial charge in [0, 0.05) is 0 Å². The Hall–Kier alpha value is -2.93. The summed E-state index contributed by atoms with van der Waals surface area (Å²) in [5.41, 5.74) is 4.66. The average Bonchev–Trinajstić information content (AvgIpc) is 3.75. The Morgan fingerprint density at radius 2 is 1.35 bits per heavy atom. The Balaban J connectivity index is 1.06. The van der Waals surface area contributed by atoms with E-state index in [4.69, 9.17) is 21.6 Å². The monoisotopic (exact) mass is 512 g/mol. The van der Waals surface area contributed by atoms with Gasteiger partial charge in [0.1, 0.15) is 23.2 Å². The van der Waals surface area contributed by atoms with Gasteiger partial charge in [-0.25, -0.2) is 0 Å². The fourth-order valence-corrected chi connectivity index (χ4v) is 6.45. The second-order valence-corrected chi connectivity index (χ2v) is 11.1. The van der Waals surface area contributed by atoms with E-state index >= 15 is 0 Å². The summed E-state index contributed by atoms with van der Waals surface area (Å²) in [5.74, 6) is 2.14.